The fourth-order valence-electron chi connectivity index (χ4n) is 2.01. The molecule has 1 aliphatic heterocycles. The minimum absolute atomic E-state index is 0.218. The summed E-state index contributed by atoms with van der Waals surface area (Å²) in [5, 5.41) is 0. The number of Topliss-reactive ketones (excluding diaryl/α,β-unsaturated/α-hetero) is 1. The molecule has 0 bridgehead atoms. The van der Waals surface area contributed by atoms with Crippen LogP contribution in [0.3, 0.4) is 0 Å². The van der Waals surface area contributed by atoms with Crippen LogP contribution in [-0.4, -0.2) is 48.9 Å². The number of ether oxygens (including phenoxy) is 1. The van der Waals surface area contributed by atoms with E-state index in [1.165, 1.54) is 11.5 Å². The second kappa shape index (κ2) is 6.81. The molecule has 0 amide bonds. The minimum Gasteiger partial charge on any atom is -0.497 e. The number of methoxy groups -OCH3 is 1. The molecule has 1 aliphatic rings. The molecular formula is C14H19NO2S. The summed E-state index contributed by atoms with van der Waals surface area (Å²) >= 11 is 1.99. The standard InChI is InChI=1S/C14H19NO2S/c1-17-13-4-2-12(3-5-13)14(16)6-7-15-8-10-18-11-9-15/h2-5H,6-11H2,1H3. The summed E-state index contributed by atoms with van der Waals surface area (Å²) in [5.74, 6) is 3.39. The Labute approximate surface area is 113 Å². The van der Waals surface area contributed by atoms with Crippen LogP contribution in [0.4, 0.5) is 0 Å². The summed E-state index contributed by atoms with van der Waals surface area (Å²) in [4.78, 5) is 14.4. The highest BCUT2D eigenvalue weighted by Crippen LogP contribution is 2.14. The molecule has 0 aliphatic carbocycles. The second-order valence-corrected chi connectivity index (χ2v) is 5.58. The van der Waals surface area contributed by atoms with Crippen LogP contribution in [0.5, 0.6) is 5.75 Å². The number of carbonyl (C=O) groups is 1. The minimum atomic E-state index is 0.218. The van der Waals surface area contributed by atoms with E-state index in [2.05, 4.69) is 4.90 Å². The van der Waals surface area contributed by atoms with Gasteiger partial charge in [-0.1, -0.05) is 0 Å². The lowest BCUT2D eigenvalue weighted by molar-refractivity contribution is 0.0966. The number of thioether (sulfide) groups is 1. The average molecular weight is 265 g/mol. The number of hydrogen-bond acceptors (Lipinski definition) is 4. The number of nitrogens with zero attached hydrogens (tertiary/aromatic N) is 1. The predicted octanol–water partition coefficient (Wildman–Crippen LogP) is 2.32. The molecule has 0 aromatic heterocycles. The van der Waals surface area contributed by atoms with E-state index in [0.717, 1.165) is 30.9 Å². The van der Waals surface area contributed by atoms with E-state index in [4.69, 9.17) is 4.74 Å². The molecule has 3 nitrogen and oxygen atoms in total. The number of rotatable bonds is 5. The molecule has 1 saturated heterocycles. The third-order valence-corrected chi connectivity index (χ3v) is 4.11. The molecule has 18 heavy (non-hydrogen) atoms. The van der Waals surface area contributed by atoms with Gasteiger partial charge in [0.25, 0.3) is 0 Å². The van der Waals surface area contributed by atoms with Crippen LogP contribution in [0.2, 0.25) is 0 Å². The molecule has 0 unspecified atom stereocenters. The van der Waals surface area contributed by atoms with E-state index in [1.807, 2.05) is 36.0 Å². The van der Waals surface area contributed by atoms with Crippen LogP contribution in [0.15, 0.2) is 24.3 Å². The van der Waals surface area contributed by atoms with Crippen molar-refractivity contribution in [3.8, 4) is 5.75 Å². The Morgan fingerprint density at radius 3 is 2.56 bits per heavy atom. The first-order chi connectivity index (χ1) is 8.79. The van der Waals surface area contributed by atoms with Crippen molar-refractivity contribution >= 4 is 17.5 Å². The molecule has 1 heterocycles. The van der Waals surface area contributed by atoms with Gasteiger partial charge in [0.2, 0.25) is 0 Å². The fourth-order valence-corrected chi connectivity index (χ4v) is 2.98. The molecule has 1 aromatic carbocycles. The van der Waals surface area contributed by atoms with Crippen molar-refractivity contribution in [2.45, 2.75) is 6.42 Å². The maximum atomic E-state index is 12.0. The van der Waals surface area contributed by atoms with Gasteiger partial charge in [0, 0.05) is 43.1 Å². The van der Waals surface area contributed by atoms with Crippen molar-refractivity contribution < 1.29 is 9.53 Å². The molecular weight excluding hydrogens is 246 g/mol. The van der Waals surface area contributed by atoms with Crippen LogP contribution >= 0.6 is 11.8 Å². The van der Waals surface area contributed by atoms with Gasteiger partial charge in [-0.3, -0.25) is 4.79 Å². The van der Waals surface area contributed by atoms with Crippen LogP contribution in [0.1, 0.15) is 16.8 Å². The maximum Gasteiger partial charge on any atom is 0.164 e. The fraction of sp³-hybridized carbons (Fsp3) is 0.500. The Balaban J connectivity index is 1.82. The van der Waals surface area contributed by atoms with Gasteiger partial charge >= 0.3 is 0 Å². The highest BCUT2D eigenvalue weighted by Gasteiger charge is 2.12. The highest BCUT2D eigenvalue weighted by molar-refractivity contribution is 7.99. The first-order valence-corrected chi connectivity index (χ1v) is 7.42. The summed E-state index contributed by atoms with van der Waals surface area (Å²) in [6.45, 7) is 3.10. The topological polar surface area (TPSA) is 29.5 Å². The van der Waals surface area contributed by atoms with E-state index < -0.39 is 0 Å². The second-order valence-electron chi connectivity index (χ2n) is 4.36. The molecule has 1 fully saturated rings. The summed E-state index contributed by atoms with van der Waals surface area (Å²) in [7, 11) is 1.63. The Morgan fingerprint density at radius 1 is 1.28 bits per heavy atom. The van der Waals surface area contributed by atoms with Gasteiger partial charge in [-0.2, -0.15) is 11.8 Å². The average Bonchev–Trinajstić information content (AvgIpc) is 2.46. The van der Waals surface area contributed by atoms with E-state index in [1.54, 1.807) is 7.11 Å². The smallest absolute Gasteiger partial charge is 0.164 e. The predicted molar refractivity (Wildman–Crippen MR) is 75.7 cm³/mol. The van der Waals surface area contributed by atoms with E-state index >= 15 is 0 Å². The molecule has 0 atom stereocenters. The zero-order valence-corrected chi connectivity index (χ0v) is 11.5. The van der Waals surface area contributed by atoms with Crippen molar-refractivity contribution in [3.63, 3.8) is 0 Å². The van der Waals surface area contributed by atoms with Crippen molar-refractivity contribution in [1.82, 2.24) is 4.90 Å². The van der Waals surface area contributed by atoms with Gasteiger partial charge in [0.15, 0.2) is 5.78 Å². The first-order valence-electron chi connectivity index (χ1n) is 6.27. The number of hydrogen-bond donors (Lipinski definition) is 0. The van der Waals surface area contributed by atoms with Crippen molar-refractivity contribution in [1.29, 1.82) is 0 Å². The van der Waals surface area contributed by atoms with E-state index in [0.29, 0.717) is 6.42 Å². The quantitative estimate of drug-likeness (QED) is 0.764. The van der Waals surface area contributed by atoms with Crippen LogP contribution in [-0.2, 0) is 0 Å². The zero-order valence-electron chi connectivity index (χ0n) is 10.7. The molecule has 0 N–H and O–H groups in total. The van der Waals surface area contributed by atoms with Gasteiger partial charge < -0.3 is 9.64 Å². The maximum absolute atomic E-state index is 12.0. The van der Waals surface area contributed by atoms with E-state index in [9.17, 15) is 4.79 Å². The molecule has 1 aromatic rings. The molecule has 4 heteroatoms. The number of ketones is 1. The van der Waals surface area contributed by atoms with Gasteiger partial charge in [-0.25, -0.2) is 0 Å². The van der Waals surface area contributed by atoms with Crippen LogP contribution in [0.25, 0.3) is 0 Å². The van der Waals surface area contributed by atoms with Gasteiger partial charge in [0.1, 0.15) is 5.75 Å². The molecule has 0 spiro atoms. The van der Waals surface area contributed by atoms with Gasteiger partial charge in [-0.15, -0.1) is 0 Å². The zero-order chi connectivity index (χ0) is 12.8. The molecule has 0 saturated carbocycles. The normalized spacial score (nSPS) is 16.5. The lowest BCUT2D eigenvalue weighted by Crippen LogP contribution is -2.34. The first kappa shape index (κ1) is 13.4. The third-order valence-electron chi connectivity index (χ3n) is 3.17. The monoisotopic (exact) mass is 265 g/mol. The lowest BCUT2D eigenvalue weighted by Gasteiger charge is -2.25. The van der Waals surface area contributed by atoms with E-state index in [-0.39, 0.29) is 5.78 Å². The Kier molecular flexibility index (Phi) is 5.08. The Morgan fingerprint density at radius 2 is 1.94 bits per heavy atom. The summed E-state index contributed by atoms with van der Waals surface area (Å²) in [6.07, 6.45) is 0.608. The van der Waals surface area contributed by atoms with Crippen LogP contribution in [0, 0.1) is 0 Å². The largest absolute Gasteiger partial charge is 0.497 e. The van der Waals surface area contributed by atoms with Gasteiger partial charge in [0.05, 0.1) is 7.11 Å². The molecule has 98 valence electrons. The van der Waals surface area contributed by atoms with Crippen LogP contribution < -0.4 is 4.74 Å². The number of benzene rings is 1. The third kappa shape index (κ3) is 3.75. The Bertz CT molecular complexity index is 385. The summed E-state index contributed by atoms with van der Waals surface area (Å²) in [6, 6.07) is 7.36. The summed E-state index contributed by atoms with van der Waals surface area (Å²) < 4.78 is 5.08. The van der Waals surface area contributed by atoms with Crippen molar-refractivity contribution in [2.75, 3.05) is 38.2 Å². The summed E-state index contributed by atoms with van der Waals surface area (Å²) in [5.41, 5.74) is 0.780. The van der Waals surface area contributed by atoms with Gasteiger partial charge in [-0.05, 0) is 24.3 Å². The van der Waals surface area contributed by atoms with Crippen molar-refractivity contribution in [3.05, 3.63) is 29.8 Å². The Hall–Kier alpha value is -1.00. The molecule has 2 rings (SSSR count). The highest BCUT2D eigenvalue weighted by atomic mass is 32.2. The SMILES string of the molecule is COc1ccc(C(=O)CCN2CCSCC2)cc1. The van der Waals surface area contributed by atoms with Crippen molar-refractivity contribution in [2.24, 2.45) is 0 Å². The lowest BCUT2D eigenvalue weighted by atomic mass is 10.1. The molecule has 0 radical (unpaired) electrons. The number of carbonyl (C=O) groups excluding carboxylic acids is 1.